The van der Waals surface area contributed by atoms with Crippen molar-refractivity contribution in [3.8, 4) is 0 Å². The van der Waals surface area contributed by atoms with Crippen LogP contribution in [-0.2, 0) is 10.0 Å². The van der Waals surface area contributed by atoms with Crippen molar-refractivity contribution >= 4 is 60.7 Å². The van der Waals surface area contributed by atoms with Gasteiger partial charge in [-0.25, -0.2) is 13.4 Å². The standard InChI is InChI=1S/C16H12IN3O3S2/c17-12-3-1-2-11(10-12)15(21)19-13-4-6-14(7-5-13)25(22,23)20-16-18-8-9-24-16/h1-10H,(H,18,20)(H,19,21). The molecule has 0 unspecified atom stereocenters. The zero-order valence-corrected chi connectivity index (χ0v) is 16.4. The lowest BCUT2D eigenvalue weighted by molar-refractivity contribution is 0.102. The molecule has 2 N–H and O–H groups in total. The molecule has 128 valence electrons. The van der Waals surface area contributed by atoms with Crippen LogP contribution in [-0.4, -0.2) is 19.3 Å². The molecular formula is C16H12IN3O3S2. The molecule has 1 amide bonds. The molecule has 0 aliphatic rings. The van der Waals surface area contributed by atoms with Crippen LogP contribution in [0.5, 0.6) is 0 Å². The topological polar surface area (TPSA) is 88.2 Å². The number of hydrogen-bond donors (Lipinski definition) is 2. The fraction of sp³-hybridized carbons (Fsp3) is 0. The van der Waals surface area contributed by atoms with Gasteiger partial charge in [-0.05, 0) is 65.1 Å². The fourth-order valence-electron chi connectivity index (χ4n) is 2.00. The van der Waals surface area contributed by atoms with Crippen molar-refractivity contribution in [2.45, 2.75) is 4.90 Å². The van der Waals surface area contributed by atoms with Gasteiger partial charge in [0, 0.05) is 26.4 Å². The lowest BCUT2D eigenvalue weighted by Gasteiger charge is -2.08. The monoisotopic (exact) mass is 485 g/mol. The minimum Gasteiger partial charge on any atom is -0.322 e. The molecule has 3 aromatic rings. The van der Waals surface area contributed by atoms with Crippen LogP contribution in [0.25, 0.3) is 0 Å². The van der Waals surface area contributed by atoms with E-state index in [1.165, 1.54) is 29.7 Å². The molecule has 0 spiro atoms. The van der Waals surface area contributed by atoms with E-state index >= 15 is 0 Å². The van der Waals surface area contributed by atoms with E-state index in [4.69, 9.17) is 0 Å². The van der Waals surface area contributed by atoms with Crippen LogP contribution in [0.4, 0.5) is 10.8 Å². The van der Waals surface area contributed by atoms with Crippen LogP contribution in [0.2, 0.25) is 0 Å². The van der Waals surface area contributed by atoms with E-state index in [1.807, 2.05) is 6.07 Å². The van der Waals surface area contributed by atoms with E-state index in [0.717, 1.165) is 3.57 Å². The van der Waals surface area contributed by atoms with E-state index in [-0.39, 0.29) is 10.8 Å². The van der Waals surface area contributed by atoms with Crippen molar-refractivity contribution in [2.24, 2.45) is 0 Å². The molecule has 2 aromatic carbocycles. The van der Waals surface area contributed by atoms with Crippen molar-refractivity contribution in [2.75, 3.05) is 10.0 Å². The molecule has 0 saturated heterocycles. The van der Waals surface area contributed by atoms with E-state index in [1.54, 1.807) is 35.7 Å². The number of hydrogen-bond acceptors (Lipinski definition) is 5. The average molecular weight is 485 g/mol. The molecular weight excluding hydrogens is 473 g/mol. The fourth-order valence-corrected chi connectivity index (χ4v) is 4.33. The summed E-state index contributed by atoms with van der Waals surface area (Å²) in [5.41, 5.74) is 1.05. The highest BCUT2D eigenvalue weighted by Gasteiger charge is 2.15. The maximum Gasteiger partial charge on any atom is 0.263 e. The molecule has 0 bridgehead atoms. The SMILES string of the molecule is O=C(Nc1ccc(S(=O)(=O)Nc2nccs2)cc1)c1cccc(I)c1. The molecule has 0 atom stereocenters. The Balaban J connectivity index is 1.73. The third kappa shape index (κ3) is 4.55. The number of amides is 1. The van der Waals surface area contributed by atoms with Gasteiger partial charge in [0.15, 0.2) is 5.13 Å². The first-order valence-corrected chi connectivity index (χ1v) is 10.5. The highest BCUT2D eigenvalue weighted by molar-refractivity contribution is 14.1. The second kappa shape index (κ2) is 7.50. The normalized spacial score (nSPS) is 11.1. The summed E-state index contributed by atoms with van der Waals surface area (Å²) in [7, 11) is -3.70. The number of sulfonamides is 1. The van der Waals surface area contributed by atoms with Gasteiger partial charge in [-0.15, -0.1) is 11.3 Å². The zero-order valence-electron chi connectivity index (χ0n) is 12.6. The number of rotatable bonds is 5. The van der Waals surface area contributed by atoms with Gasteiger partial charge < -0.3 is 5.32 Å². The number of anilines is 2. The van der Waals surface area contributed by atoms with Crippen molar-refractivity contribution in [3.63, 3.8) is 0 Å². The first-order chi connectivity index (χ1) is 11.9. The van der Waals surface area contributed by atoms with Crippen LogP contribution in [0, 0.1) is 3.57 Å². The molecule has 25 heavy (non-hydrogen) atoms. The van der Waals surface area contributed by atoms with Gasteiger partial charge in [-0.2, -0.15) is 0 Å². The van der Waals surface area contributed by atoms with Crippen LogP contribution in [0.15, 0.2) is 65.0 Å². The molecule has 3 rings (SSSR count). The summed E-state index contributed by atoms with van der Waals surface area (Å²) in [5.74, 6) is -0.255. The second-order valence-electron chi connectivity index (χ2n) is 4.93. The van der Waals surface area contributed by atoms with E-state index in [9.17, 15) is 13.2 Å². The molecule has 0 radical (unpaired) electrons. The third-order valence-electron chi connectivity index (χ3n) is 3.16. The number of nitrogens with one attached hydrogen (secondary N) is 2. The number of carbonyl (C=O) groups is 1. The Kier molecular flexibility index (Phi) is 5.35. The third-order valence-corrected chi connectivity index (χ3v) is 6.01. The predicted octanol–water partition coefficient (Wildman–Crippen LogP) is 3.80. The summed E-state index contributed by atoms with van der Waals surface area (Å²) in [4.78, 5) is 16.2. The molecule has 6 nitrogen and oxygen atoms in total. The van der Waals surface area contributed by atoms with Crippen molar-refractivity contribution in [1.29, 1.82) is 0 Å². The van der Waals surface area contributed by atoms with Crippen LogP contribution >= 0.6 is 33.9 Å². The molecule has 0 saturated carbocycles. The number of thiazole rings is 1. The first kappa shape index (κ1) is 17.8. The minimum atomic E-state index is -3.70. The van der Waals surface area contributed by atoms with Gasteiger partial charge >= 0.3 is 0 Å². The lowest BCUT2D eigenvalue weighted by Crippen LogP contribution is -2.14. The van der Waals surface area contributed by atoms with Gasteiger partial charge in [-0.3, -0.25) is 9.52 Å². The van der Waals surface area contributed by atoms with E-state index < -0.39 is 10.0 Å². The second-order valence-corrected chi connectivity index (χ2v) is 8.75. The van der Waals surface area contributed by atoms with Gasteiger partial charge in [0.2, 0.25) is 0 Å². The van der Waals surface area contributed by atoms with Crippen molar-refractivity contribution in [1.82, 2.24) is 4.98 Å². The molecule has 0 fully saturated rings. The summed E-state index contributed by atoms with van der Waals surface area (Å²) in [6.45, 7) is 0. The van der Waals surface area contributed by atoms with Gasteiger partial charge in [0.05, 0.1) is 4.90 Å². The first-order valence-electron chi connectivity index (χ1n) is 7.03. The number of halogens is 1. The van der Waals surface area contributed by atoms with Crippen LogP contribution < -0.4 is 10.0 Å². The smallest absolute Gasteiger partial charge is 0.263 e. The van der Waals surface area contributed by atoms with Crippen LogP contribution in [0.3, 0.4) is 0 Å². The highest BCUT2D eigenvalue weighted by atomic mass is 127. The quantitative estimate of drug-likeness (QED) is 0.539. The molecule has 0 aliphatic heterocycles. The number of nitrogens with zero attached hydrogens (tertiary/aromatic N) is 1. The average Bonchev–Trinajstić information content (AvgIpc) is 3.07. The van der Waals surface area contributed by atoms with Crippen molar-refractivity contribution < 1.29 is 13.2 Å². The van der Waals surface area contributed by atoms with Crippen LogP contribution in [0.1, 0.15) is 10.4 Å². The lowest BCUT2D eigenvalue weighted by atomic mass is 10.2. The number of aromatic nitrogens is 1. The number of carbonyl (C=O) groups excluding carboxylic acids is 1. The Hall–Kier alpha value is -1.98. The minimum absolute atomic E-state index is 0.0926. The summed E-state index contributed by atoms with van der Waals surface area (Å²) in [6.07, 6.45) is 1.52. The molecule has 0 aliphatic carbocycles. The summed E-state index contributed by atoms with van der Waals surface area (Å²) in [5, 5.41) is 4.73. The van der Waals surface area contributed by atoms with E-state index in [2.05, 4.69) is 37.6 Å². The Morgan fingerprint density at radius 1 is 1.12 bits per heavy atom. The van der Waals surface area contributed by atoms with E-state index in [0.29, 0.717) is 16.4 Å². The van der Waals surface area contributed by atoms with Gasteiger partial charge in [0.25, 0.3) is 15.9 Å². The predicted molar refractivity (Wildman–Crippen MR) is 106 cm³/mol. The Morgan fingerprint density at radius 2 is 1.88 bits per heavy atom. The van der Waals surface area contributed by atoms with Crippen molar-refractivity contribution in [3.05, 3.63) is 69.2 Å². The summed E-state index contributed by atoms with van der Waals surface area (Å²) < 4.78 is 27.9. The molecule has 9 heteroatoms. The molecule has 1 aromatic heterocycles. The Bertz CT molecular complexity index is 988. The number of benzene rings is 2. The van der Waals surface area contributed by atoms with Gasteiger partial charge in [-0.1, -0.05) is 6.07 Å². The largest absolute Gasteiger partial charge is 0.322 e. The maximum absolute atomic E-state index is 12.3. The van der Waals surface area contributed by atoms with Gasteiger partial charge in [0.1, 0.15) is 0 Å². The Labute approximate surface area is 162 Å². The summed E-state index contributed by atoms with van der Waals surface area (Å²) in [6, 6.07) is 13.1. The highest BCUT2D eigenvalue weighted by Crippen LogP contribution is 2.20. The maximum atomic E-state index is 12.3. The Morgan fingerprint density at radius 3 is 2.52 bits per heavy atom. The summed E-state index contributed by atoms with van der Waals surface area (Å²) >= 11 is 3.33. The zero-order chi connectivity index (χ0) is 17.9. The molecule has 1 heterocycles.